The second-order valence-electron chi connectivity index (χ2n) is 2.88. The molecule has 0 aromatic rings. The molecule has 11 heavy (non-hydrogen) atoms. The summed E-state index contributed by atoms with van der Waals surface area (Å²) in [5, 5.41) is 3.24. The second kappa shape index (κ2) is 4.52. The Labute approximate surface area is 68.4 Å². The zero-order valence-corrected chi connectivity index (χ0v) is 6.92. The van der Waals surface area contributed by atoms with E-state index in [2.05, 4.69) is 10.1 Å². The normalized spacial score (nSPS) is 21.5. The van der Waals surface area contributed by atoms with Crippen LogP contribution >= 0.6 is 0 Å². The van der Waals surface area contributed by atoms with E-state index >= 15 is 0 Å². The van der Waals surface area contributed by atoms with E-state index in [4.69, 9.17) is 0 Å². The average Bonchev–Trinajstić information content (AvgIpc) is 2.07. The first kappa shape index (κ1) is 8.75. The Balaban J connectivity index is 2.18. The van der Waals surface area contributed by atoms with Gasteiger partial charge in [-0.25, -0.2) is 0 Å². The van der Waals surface area contributed by atoms with Crippen LogP contribution in [-0.2, 0) is 4.79 Å². The van der Waals surface area contributed by atoms with Gasteiger partial charge in [-0.15, -0.1) is 0 Å². The number of carbonyl (C=O) groups excluding carboxylic acids is 1. The van der Waals surface area contributed by atoms with Crippen molar-refractivity contribution in [2.45, 2.75) is 18.9 Å². The summed E-state index contributed by atoms with van der Waals surface area (Å²) in [6, 6.07) is 0.645. The van der Waals surface area contributed by atoms with Crippen molar-refractivity contribution in [2.75, 3.05) is 20.1 Å². The average molecular weight is 153 g/mol. The lowest BCUT2D eigenvalue weighted by molar-refractivity contribution is 0.307. The van der Waals surface area contributed by atoms with Crippen molar-refractivity contribution in [2.24, 2.45) is 0 Å². The molecule has 0 bridgehead atoms. The molecule has 0 saturated carbocycles. The van der Waals surface area contributed by atoms with E-state index in [1.807, 2.05) is 7.05 Å². The maximum absolute atomic E-state index is 10.1. The molecule has 0 aromatic heterocycles. The number of rotatable bonds is 3. The van der Waals surface area contributed by atoms with Gasteiger partial charge in [0.05, 0.1) is 6.19 Å². The summed E-state index contributed by atoms with van der Waals surface area (Å²) in [6.45, 7) is 2.01. The van der Waals surface area contributed by atoms with Crippen molar-refractivity contribution in [3.63, 3.8) is 0 Å². The lowest BCUT2D eigenvalue weighted by Gasteiger charge is -2.30. The molecule has 0 aliphatic carbocycles. The highest BCUT2D eigenvalue weighted by molar-refractivity contribution is 6.64. The fourth-order valence-corrected chi connectivity index (χ4v) is 1.42. The molecule has 1 radical (unpaired) electrons. The number of hydrogen-bond acceptors (Lipinski definition) is 3. The van der Waals surface area contributed by atoms with Gasteiger partial charge in [-0.2, -0.15) is 0 Å². The third-order valence-electron chi connectivity index (χ3n) is 2.21. The Morgan fingerprint density at radius 2 is 2.18 bits per heavy atom. The Morgan fingerprint density at radius 3 is 2.64 bits per heavy atom. The van der Waals surface area contributed by atoms with Crippen molar-refractivity contribution in [1.82, 2.24) is 10.1 Å². The second-order valence-corrected chi connectivity index (χ2v) is 2.88. The van der Waals surface area contributed by atoms with E-state index in [0.29, 0.717) is 6.04 Å². The molecule has 1 aliphatic heterocycles. The van der Waals surface area contributed by atoms with Crippen LogP contribution in [0.3, 0.4) is 0 Å². The maximum atomic E-state index is 10.1. The van der Waals surface area contributed by atoms with E-state index in [9.17, 15) is 4.79 Å². The third-order valence-corrected chi connectivity index (χ3v) is 2.21. The van der Waals surface area contributed by atoms with Crippen molar-refractivity contribution in [1.29, 1.82) is 0 Å². The molecule has 0 amide bonds. The molecule has 3 nitrogen and oxygen atoms in total. The largest absolute Gasteiger partial charge is 0.340 e. The van der Waals surface area contributed by atoms with Crippen LogP contribution in [0.5, 0.6) is 0 Å². The monoisotopic (exact) mass is 153 g/mol. The molecule has 0 atom stereocenters. The quantitative estimate of drug-likeness (QED) is 0.437. The zero-order valence-electron chi connectivity index (χ0n) is 6.92. The van der Waals surface area contributed by atoms with Crippen LogP contribution in [0.4, 0.5) is 0 Å². The van der Waals surface area contributed by atoms with Gasteiger partial charge in [0, 0.05) is 6.04 Å². The van der Waals surface area contributed by atoms with Crippen LogP contribution in [0.15, 0.2) is 0 Å². The molecule has 4 heteroatoms. The topological polar surface area (TPSA) is 32.3 Å². The van der Waals surface area contributed by atoms with Crippen molar-refractivity contribution in [3.05, 3.63) is 0 Å². The first-order chi connectivity index (χ1) is 5.36. The summed E-state index contributed by atoms with van der Waals surface area (Å²) in [4.78, 5) is 12.2. The number of nitrogens with zero attached hydrogens (tertiary/aromatic N) is 1. The Bertz CT molecular complexity index is 124. The van der Waals surface area contributed by atoms with Gasteiger partial charge in [-0.3, -0.25) is 0 Å². The van der Waals surface area contributed by atoms with Crippen LogP contribution < -0.4 is 5.32 Å². The summed E-state index contributed by atoms with van der Waals surface area (Å²) in [7, 11) is 3.62. The number of piperidine rings is 1. The van der Waals surface area contributed by atoms with Gasteiger partial charge in [-0.1, -0.05) is 0 Å². The van der Waals surface area contributed by atoms with E-state index in [-0.39, 0.29) is 0 Å². The lowest BCUT2D eigenvalue weighted by atomic mass is 9.90. The van der Waals surface area contributed by atoms with Gasteiger partial charge < -0.3 is 14.9 Å². The first-order valence-electron chi connectivity index (χ1n) is 4.06. The minimum Gasteiger partial charge on any atom is -0.340 e. The lowest BCUT2D eigenvalue weighted by Crippen LogP contribution is -2.43. The maximum Gasteiger partial charge on any atom is 0.293 e. The predicted molar refractivity (Wildman–Crippen MR) is 46.2 cm³/mol. The van der Waals surface area contributed by atoms with Crippen LogP contribution in [0.25, 0.3) is 0 Å². The summed E-state index contributed by atoms with van der Waals surface area (Å²) in [5.41, 5.74) is 0. The molecule has 0 aromatic carbocycles. The summed E-state index contributed by atoms with van der Waals surface area (Å²) < 4.78 is 0. The van der Waals surface area contributed by atoms with Gasteiger partial charge in [0.15, 0.2) is 0 Å². The molecule has 1 rings (SSSR count). The van der Waals surface area contributed by atoms with Crippen LogP contribution in [0, 0.1) is 0 Å². The van der Waals surface area contributed by atoms with Crippen molar-refractivity contribution >= 4 is 13.6 Å². The van der Waals surface area contributed by atoms with Gasteiger partial charge >= 0.3 is 0 Å². The fourth-order valence-electron chi connectivity index (χ4n) is 1.42. The molecule has 1 aliphatic rings. The molecule has 1 saturated heterocycles. The van der Waals surface area contributed by atoms with E-state index in [1.54, 1.807) is 7.41 Å². The number of nitrogens with one attached hydrogen (secondary N) is 1. The summed E-state index contributed by atoms with van der Waals surface area (Å²) in [6.07, 6.45) is 3.14. The Morgan fingerprint density at radius 1 is 1.55 bits per heavy atom. The van der Waals surface area contributed by atoms with Gasteiger partial charge in [0.25, 0.3) is 7.41 Å². The smallest absolute Gasteiger partial charge is 0.293 e. The molecule has 1 fully saturated rings. The van der Waals surface area contributed by atoms with E-state index < -0.39 is 0 Å². The number of hydrogen-bond donors (Lipinski definition) is 1. The molecular formula is C7H14BN2O. The minimum absolute atomic E-state index is 0.645. The summed E-state index contributed by atoms with van der Waals surface area (Å²) >= 11 is 0. The molecule has 0 unspecified atom stereocenters. The molecule has 1 heterocycles. The number of carbonyl (C=O) groups is 1. The van der Waals surface area contributed by atoms with Crippen molar-refractivity contribution < 1.29 is 4.79 Å². The highest BCUT2D eigenvalue weighted by Gasteiger charge is 2.16. The zero-order chi connectivity index (χ0) is 8.10. The summed E-state index contributed by atoms with van der Waals surface area (Å²) in [5.74, 6) is 0. The third kappa shape index (κ3) is 2.63. The van der Waals surface area contributed by atoms with Crippen molar-refractivity contribution in [3.8, 4) is 0 Å². The van der Waals surface area contributed by atoms with E-state index in [1.165, 1.54) is 0 Å². The highest BCUT2D eigenvalue weighted by Crippen LogP contribution is 2.07. The molecule has 1 N–H and O–H groups in total. The standard InChI is InChI=1S/C7H14BN2O/c1-9-7-2-4-10(5-3-7)8-6-11/h6-7,9H,2-5H2,1H3. The van der Waals surface area contributed by atoms with Crippen LogP contribution in [0.2, 0.25) is 0 Å². The predicted octanol–water partition coefficient (Wildman–Crippen LogP) is -0.520. The van der Waals surface area contributed by atoms with E-state index in [0.717, 1.165) is 32.1 Å². The first-order valence-corrected chi connectivity index (χ1v) is 4.06. The highest BCUT2D eigenvalue weighted by atomic mass is 16.1. The fraction of sp³-hybridized carbons (Fsp3) is 0.857. The molecule has 0 spiro atoms. The van der Waals surface area contributed by atoms with Gasteiger partial charge in [-0.05, 0) is 33.0 Å². The molecular weight excluding hydrogens is 139 g/mol. The van der Waals surface area contributed by atoms with Gasteiger partial charge in [0.1, 0.15) is 0 Å². The minimum atomic E-state index is 0.645. The Kier molecular flexibility index (Phi) is 3.59. The SMILES string of the molecule is CNC1CCN([B]C=O)CC1. The van der Waals surface area contributed by atoms with Crippen LogP contribution in [0.1, 0.15) is 12.8 Å². The Hall–Kier alpha value is -0.345. The molecule has 61 valence electrons. The van der Waals surface area contributed by atoms with Crippen LogP contribution in [-0.4, -0.2) is 44.6 Å². The van der Waals surface area contributed by atoms with Gasteiger partial charge in [0.2, 0.25) is 0 Å².